The van der Waals surface area contributed by atoms with Gasteiger partial charge in [0.25, 0.3) is 5.91 Å². The number of rotatable bonds is 3. The van der Waals surface area contributed by atoms with Crippen LogP contribution in [0.3, 0.4) is 0 Å². The molecule has 1 unspecified atom stereocenters. The summed E-state index contributed by atoms with van der Waals surface area (Å²) in [4.78, 5) is 15.3. The van der Waals surface area contributed by atoms with Gasteiger partial charge in [-0.2, -0.15) is 4.31 Å². The fourth-order valence-electron chi connectivity index (χ4n) is 3.86. The number of aryl methyl sites for hydroxylation is 1. The largest absolute Gasteiger partial charge is 0.379 e. The van der Waals surface area contributed by atoms with Gasteiger partial charge < -0.3 is 9.64 Å². The average Bonchev–Trinajstić information content (AvgIpc) is 2.74. The number of anilines is 1. The third kappa shape index (κ3) is 3.45. The van der Waals surface area contributed by atoms with Crippen molar-refractivity contribution < 1.29 is 17.9 Å². The SMILES string of the molecule is CC1CCc2ccccc2N1C(=O)c1cccc(S(=O)(=O)N2CCOCC2)c1. The number of ether oxygens (including phenoxy) is 1. The Morgan fingerprint density at radius 2 is 1.82 bits per heavy atom. The van der Waals surface area contributed by atoms with Crippen molar-refractivity contribution in [1.82, 2.24) is 4.31 Å². The molecule has 7 heteroatoms. The first-order valence-electron chi connectivity index (χ1n) is 9.58. The van der Waals surface area contributed by atoms with Gasteiger partial charge in [-0.3, -0.25) is 4.79 Å². The second kappa shape index (κ2) is 7.66. The smallest absolute Gasteiger partial charge is 0.258 e. The molecule has 0 bridgehead atoms. The van der Waals surface area contributed by atoms with Crippen LogP contribution in [-0.4, -0.2) is 51.0 Å². The molecular weight excluding hydrogens is 376 g/mol. The van der Waals surface area contributed by atoms with E-state index in [1.165, 1.54) is 10.4 Å². The van der Waals surface area contributed by atoms with Gasteiger partial charge in [0, 0.05) is 30.4 Å². The summed E-state index contributed by atoms with van der Waals surface area (Å²) in [5.41, 5.74) is 2.44. The Labute approximate surface area is 165 Å². The van der Waals surface area contributed by atoms with Gasteiger partial charge in [-0.05, 0) is 49.6 Å². The number of para-hydroxylation sites is 1. The van der Waals surface area contributed by atoms with Crippen LogP contribution in [0.2, 0.25) is 0 Å². The van der Waals surface area contributed by atoms with E-state index in [1.54, 1.807) is 23.1 Å². The van der Waals surface area contributed by atoms with Gasteiger partial charge in [-0.1, -0.05) is 24.3 Å². The summed E-state index contributed by atoms with van der Waals surface area (Å²) >= 11 is 0. The summed E-state index contributed by atoms with van der Waals surface area (Å²) in [6.45, 7) is 3.47. The van der Waals surface area contributed by atoms with Crippen LogP contribution >= 0.6 is 0 Å². The van der Waals surface area contributed by atoms with Crippen LogP contribution in [0, 0.1) is 0 Å². The fourth-order valence-corrected chi connectivity index (χ4v) is 5.32. The first-order chi connectivity index (χ1) is 13.5. The minimum Gasteiger partial charge on any atom is -0.379 e. The Bertz CT molecular complexity index is 983. The highest BCUT2D eigenvalue weighted by Crippen LogP contribution is 2.32. The Hall–Kier alpha value is -2.22. The predicted molar refractivity (Wildman–Crippen MR) is 107 cm³/mol. The van der Waals surface area contributed by atoms with Crippen molar-refractivity contribution in [2.24, 2.45) is 0 Å². The van der Waals surface area contributed by atoms with Crippen LogP contribution in [0.4, 0.5) is 5.69 Å². The van der Waals surface area contributed by atoms with Crippen molar-refractivity contribution in [3.8, 4) is 0 Å². The minimum atomic E-state index is -3.64. The van der Waals surface area contributed by atoms with Crippen molar-refractivity contribution in [3.05, 3.63) is 59.7 Å². The number of amides is 1. The lowest BCUT2D eigenvalue weighted by Gasteiger charge is -2.35. The molecule has 1 atom stereocenters. The highest BCUT2D eigenvalue weighted by atomic mass is 32.2. The van der Waals surface area contributed by atoms with E-state index in [0.717, 1.165) is 24.1 Å². The lowest BCUT2D eigenvalue weighted by atomic mass is 9.96. The summed E-state index contributed by atoms with van der Waals surface area (Å²) in [6, 6.07) is 14.3. The molecule has 1 fully saturated rings. The Morgan fingerprint density at radius 3 is 2.61 bits per heavy atom. The fraction of sp³-hybridized carbons (Fsp3) is 0.381. The van der Waals surface area contributed by atoms with E-state index < -0.39 is 10.0 Å². The topological polar surface area (TPSA) is 66.9 Å². The second-order valence-corrected chi connectivity index (χ2v) is 9.17. The van der Waals surface area contributed by atoms with E-state index in [1.807, 2.05) is 31.2 Å². The quantitative estimate of drug-likeness (QED) is 0.795. The number of nitrogens with zero attached hydrogens (tertiary/aromatic N) is 2. The van der Waals surface area contributed by atoms with E-state index in [2.05, 4.69) is 0 Å². The minimum absolute atomic E-state index is 0.0573. The zero-order valence-corrected chi connectivity index (χ0v) is 16.7. The van der Waals surface area contributed by atoms with E-state index in [-0.39, 0.29) is 16.8 Å². The molecule has 1 amide bonds. The molecular formula is C21H24N2O4S. The Morgan fingerprint density at radius 1 is 1.07 bits per heavy atom. The van der Waals surface area contributed by atoms with Gasteiger partial charge in [0.15, 0.2) is 0 Å². The Balaban J connectivity index is 1.67. The molecule has 0 aromatic heterocycles. The molecule has 0 N–H and O–H groups in total. The molecule has 2 aliphatic heterocycles. The van der Waals surface area contributed by atoms with Gasteiger partial charge in [0.1, 0.15) is 0 Å². The lowest BCUT2D eigenvalue weighted by molar-refractivity contribution is 0.0730. The summed E-state index contributed by atoms with van der Waals surface area (Å²) in [5, 5.41) is 0. The van der Waals surface area contributed by atoms with Crippen LogP contribution in [0.1, 0.15) is 29.3 Å². The zero-order valence-electron chi connectivity index (χ0n) is 15.9. The normalized spacial score (nSPS) is 20.6. The molecule has 0 saturated carbocycles. The molecule has 4 rings (SSSR count). The van der Waals surface area contributed by atoms with Gasteiger partial charge in [0.05, 0.1) is 18.1 Å². The number of benzene rings is 2. The number of fused-ring (bicyclic) bond motifs is 1. The highest BCUT2D eigenvalue weighted by molar-refractivity contribution is 7.89. The second-order valence-electron chi connectivity index (χ2n) is 7.24. The number of morpholine rings is 1. The average molecular weight is 401 g/mol. The first kappa shape index (κ1) is 19.1. The standard InChI is InChI=1S/C21H24N2O4S/c1-16-9-10-17-5-2-3-8-20(17)23(16)21(24)18-6-4-7-19(15-18)28(25,26)22-11-13-27-14-12-22/h2-8,15-16H,9-14H2,1H3. The van der Waals surface area contributed by atoms with Crippen LogP contribution in [0.15, 0.2) is 53.4 Å². The molecule has 6 nitrogen and oxygen atoms in total. The van der Waals surface area contributed by atoms with Gasteiger partial charge in [0.2, 0.25) is 10.0 Å². The third-order valence-corrected chi connectivity index (χ3v) is 7.33. The van der Waals surface area contributed by atoms with Crippen molar-refractivity contribution in [2.75, 3.05) is 31.2 Å². The number of hydrogen-bond donors (Lipinski definition) is 0. The first-order valence-corrected chi connectivity index (χ1v) is 11.0. The van der Waals surface area contributed by atoms with Crippen LogP contribution < -0.4 is 4.90 Å². The number of sulfonamides is 1. The van der Waals surface area contributed by atoms with E-state index in [4.69, 9.17) is 4.74 Å². The van der Waals surface area contributed by atoms with Crippen molar-refractivity contribution in [3.63, 3.8) is 0 Å². The molecule has 2 heterocycles. The number of hydrogen-bond acceptors (Lipinski definition) is 4. The molecule has 28 heavy (non-hydrogen) atoms. The van der Waals surface area contributed by atoms with Crippen LogP contribution in [0.5, 0.6) is 0 Å². The molecule has 2 aliphatic rings. The maximum atomic E-state index is 13.3. The van der Waals surface area contributed by atoms with E-state index >= 15 is 0 Å². The highest BCUT2D eigenvalue weighted by Gasteiger charge is 2.31. The van der Waals surface area contributed by atoms with Crippen molar-refractivity contribution in [2.45, 2.75) is 30.7 Å². The lowest BCUT2D eigenvalue weighted by Crippen LogP contribution is -2.42. The summed E-state index contributed by atoms with van der Waals surface area (Å²) in [7, 11) is -3.64. The molecule has 0 spiro atoms. The maximum absolute atomic E-state index is 13.3. The molecule has 1 saturated heterocycles. The van der Waals surface area contributed by atoms with Crippen LogP contribution in [0.25, 0.3) is 0 Å². The van der Waals surface area contributed by atoms with Gasteiger partial charge >= 0.3 is 0 Å². The number of carbonyl (C=O) groups is 1. The van der Waals surface area contributed by atoms with Crippen molar-refractivity contribution >= 4 is 21.6 Å². The Kier molecular flexibility index (Phi) is 5.23. The maximum Gasteiger partial charge on any atom is 0.258 e. The molecule has 2 aromatic rings. The molecule has 0 aliphatic carbocycles. The molecule has 0 radical (unpaired) electrons. The summed E-state index contributed by atoms with van der Waals surface area (Å²) < 4.78 is 32.6. The molecule has 148 valence electrons. The van der Waals surface area contributed by atoms with Crippen LogP contribution in [-0.2, 0) is 21.2 Å². The van der Waals surface area contributed by atoms with Gasteiger partial charge in [-0.25, -0.2) is 8.42 Å². The zero-order chi connectivity index (χ0) is 19.7. The van der Waals surface area contributed by atoms with Crippen molar-refractivity contribution in [1.29, 1.82) is 0 Å². The van der Waals surface area contributed by atoms with Gasteiger partial charge in [-0.15, -0.1) is 0 Å². The van der Waals surface area contributed by atoms with E-state index in [0.29, 0.717) is 31.9 Å². The number of carbonyl (C=O) groups excluding carboxylic acids is 1. The summed E-state index contributed by atoms with van der Waals surface area (Å²) in [6.07, 6.45) is 1.82. The summed E-state index contributed by atoms with van der Waals surface area (Å²) in [5.74, 6) is -0.168. The van der Waals surface area contributed by atoms with E-state index in [9.17, 15) is 13.2 Å². The molecule has 2 aromatic carbocycles. The third-order valence-electron chi connectivity index (χ3n) is 5.43. The predicted octanol–water partition coefficient (Wildman–Crippen LogP) is 2.69. The monoisotopic (exact) mass is 400 g/mol.